The largest absolute Gasteiger partial charge is 0.496 e. The molecule has 0 saturated carbocycles. The zero-order valence-electron chi connectivity index (χ0n) is 16.7. The van der Waals surface area contributed by atoms with Crippen molar-refractivity contribution >= 4 is 24.3 Å². The summed E-state index contributed by atoms with van der Waals surface area (Å²) in [6.45, 7) is 5.24. The van der Waals surface area contributed by atoms with Crippen LogP contribution >= 0.6 is 12.4 Å². The first-order valence-corrected chi connectivity index (χ1v) is 9.64. The Bertz CT molecular complexity index is 803. The van der Waals surface area contributed by atoms with Crippen molar-refractivity contribution in [3.63, 3.8) is 0 Å². The second kappa shape index (κ2) is 12.3. The molecule has 0 aliphatic carbocycles. The summed E-state index contributed by atoms with van der Waals surface area (Å²) < 4.78 is 16.5. The molecule has 0 spiro atoms. The highest BCUT2D eigenvalue weighted by Gasteiger charge is 2.09. The molecule has 1 aliphatic heterocycles. The fourth-order valence-corrected chi connectivity index (χ4v) is 3.11. The summed E-state index contributed by atoms with van der Waals surface area (Å²) in [5.41, 5.74) is 1.48. The van der Waals surface area contributed by atoms with Crippen molar-refractivity contribution in [2.45, 2.75) is 6.42 Å². The molecule has 0 atom stereocenters. The number of hydrogen-bond acceptors (Lipinski definition) is 5. The minimum Gasteiger partial charge on any atom is -0.496 e. The van der Waals surface area contributed by atoms with Crippen LogP contribution in [0.4, 0.5) is 0 Å². The summed E-state index contributed by atoms with van der Waals surface area (Å²) in [6.07, 6.45) is 4.29. The molecule has 2 aromatic rings. The summed E-state index contributed by atoms with van der Waals surface area (Å²) in [4.78, 5) is 14.9. The Morgan fingerprint density at radius 2 is 1.93 bits per heavy atom. The smallest absolute Gasteiger partial charge is 0.185 e. The lowest BCUT2D eigenvalue weighted by Gasteiger charge is -2.26. The highest BCUT2D eigenvalue weighted by atomic mass is 35.5. The Balaban J connectivity index is 0.00000300. The summed E-state index contributed by atoms with van der Waals surface area (Å²) >= 11 is 0. The number of ketones is 1. The third-order valence-corrected chi connectivity index (χ3v) is 4.66. The minimum absolute atomic E-state index is 0. The summed E-state index contributed by atoms with van der Waals surface area (Å²) in [7, 11) is 1.62. The molecule has 156 valence electrons. The molecule has 1 saturated heterocycles. The number of morpholine rings is 1. The third kappa shape index (κ3) is 7.20. The van der Waals surface area contributed by atoms with Crippen LogP contribution in [0.5, 0.6) is 11.5 Å². The van der Waals surface area contributed by atoms with Gasteiger partial charge < -0.3 is 14.2 Å². The van der Waals surface area contributed by atoms with Crippen LogP contribution in [0.2, 0.25) is 0 Å². The second-order valence-electron chi connectivity index (χ2n) is 6.62. The molecule has 3 rings (SSSR count). The van der Waals surface area contributed by atoms with Gasteiger partial charge in [0.2, 0.25) is 0 Å². The topological polar surface area (TPSA) is 48.0 Å². The van der Waals surface area contributed by atoms with E-state index in [2.05, 4.69) is 4.90 Å². The zero-order chi connectivity index (χ0) is 19.6. The maximum atomic E-state index is 12.5. The lowest BCUT2D eigenvalue weighted by Crippen LogP contribution is -2.37. The molecule has 0 unspecified atom stereocenters. The number of para-hydroxylation sites is 1. The number of methoxy groups -OCH3 is 1. The molecule has 6 heteroatoms. The number of benzene rings is 2. The molecule has 0 radical (unpaired) electrons. The summed E-state index contributed by atoms with van der Waals surface area (Å²) in [6, 6.07) is 14.9. The molecule has 0 N–H and O–H groups in total. The average molecular weight is 418 g/mol. The van der Waals surface area contributed by atoms with Crippen LogP contribution in [0.1, 0.15) is 22.3 Å². The van der Waals surface area contributed by atoms with Gasteiger partial charge in [-0.15, -0.1) is 12.4 Å². The molecule has 5 nitrogen and oxygen atoms in total. The molecule has 1 fully saturated rings. The van der Waals surface area contributed by atoms with E-state index in [1.807, 2.05) is 36.4 Å². The number of carbonyl (C=O) groups is 1. The molecular formula is C23H28ClNO4. The van der Waals surface area contributed by atoms with E-state index in [0.717, 1.165) is 56.3 Å². The van der Waals surface area contributed by atoms with Crippen LogP contribution in [0.15, 0.2) is 54.6 Å². The first-order chi connectivity index (χ1) is 13.8. The van der Waals surface area contributed by atoms with Crippen molar-refractivity contribution < 1.29 is 19.0 Å². The van der Waals surface area contributed by atoms with E-state index in [9.17, 15) is 4.79 Å². The van der Waals surface area contributed by atoms with Gasteiger partial charge in [0, 0.05) is 30.8 Å². The van der Waals surface area contributed by atoms with Crippen molar-refractivity contribution in [2.24, 2.45) is 0 Å². The predicted molar refractivity (Wildman–Crippen MR) is 117 cm³/mol. The lowest BCUT2D eigenvalue weighted by atomic mass is 10.1. The molecule has 0 amide bonds. The van der Waals surface area contributed by atoms with E-state index >= 15 is 0 Å². The van der Waals surface area contributed by atoms with Gasteiger partial charge in [-0.1, -0.05) is 30.3 Å². The maximum absolute atomic E-state index is 12.5. The number of hydrogen-bond donors (Lipinski definition) is 0. The van der Waals surface area contributed by atoms with Crippen molar-refractivity contribution in [2.75, 3.05) is 46.6 Å². The normalized spacial score (nSPS) is 14.4. The van der Waals surface area contributed by atoms with Crippen molar-refractivity contribution in [1.29, 1.82) is 0 Å². The van der Waals surface area contributed by atoms with Gasteiger partial charge in [0.1, 0.15) is 11.5 Å². The number of ether oxygens (including phenoxy) is 3. The van der Waals surface area contributed by atoms with E-state index in [1.165, 1.54) is 0 Å². The van der Waals surface area contributed by atoms with Crippen molar-refractivity contribution in [1.82, 2.24) is 4.90 Å². The highest BCUT2D eigenvalue weighted by molar-refractivity contribution is 6.07. The van der Waals surface area contributed by atoms with E-state index < -0.39 is 0 Å². The fourth-order valence-electron chi connectivity index (χ4n) is 3.11. The van der Waals surface area contributed by atoms with Gasteiger partial charge in [-0.2, -0.15) is 0 Å². The molecule has 0 bridgehead atoms. The van der Waals surface area contributed by atoms with E-state index in [-0.39, 0.29) is 18.2 Å². The number of nitrogens with zero attached hydrogens (tertiary/aromatic N) is 1. The molecule has 2 aromatic carbocycles. The molecule has 1 heterocycles. The van der Waals surface area contributed by atoms with Gasteiger partial charge in [-0.25, -0.2) is 0 Å². The summed E-state index contributed by atoms with van der Waals surface area (Å²) in [5.74, 6) is 1.40. The van der Waals surface area contributed by atoms with Gasteiger partial charge in [0.25, 0.3) is 0 Å². The first kappa shape index (κ1) is 22.9. The van der Waals surface area contributed by atoms with E-state index in [4.69, 9.17) is 14.2 Å². The third-order valence-electron chi connectivity index (χ3n) is 4.66. The molecular weight excluding hydrogens is 390 g/mol. The minimum atomic E-state index is -0.0651. The van der Waals surface area contributed by atoms with Crippen molar-refractivity contribution in [3.05, 3.63) is 65.7 Å². The Hall–Kier alpha value is -2.34. The van der Waals surface area contributed by atoms with Gasteiger partial charge in [-0.05, 0) is 36.8 Å². The molecule has 1 aliphatic rings. The predicted octanol–water partition coefficient (Wildman–Crippen LogP) is 4.11. The number of halogens is 1. The van der Waals surface area contributed by atoms with Gasteiger partial charge in [0.05, 0.1) is 26.9 Å². The van der Waals surface area contributed by atoms with E-state index in [1.54, 1.807) is 31.4 Å². The standard InChI is InChI=1S/C23H27NO4.ClH/c1-26-23-9-3-2-6-19(23)10-11-22(25)20-7-4-8-21(18-20)28-15-5-12-24-13-16-27-17-14-24;/h2-4,6-11,18H,5,12-17H2,1H3;1H/b11-10+;. The summed E-state index contributed by atoms with van der Waals surface area (Å²) in [5, 5.41) is 0. The second-order valence-corrected chi connectivity index (χ2v) is 6.62. The van der Waals surface area contributed by atoms with Gasteiger partial charge >= 0.3 is 0 Å². The van der Waals surface area contributed by atoms with Crippen LogP contribution in [-0.4, -0.2) is 57.2 Å². The van der Waals surface area contributed by atoms with E-state index in [0.29, 0.717) is 12.2 Å². The molecule has 29 heavy (non-hydrogen) atoms. The van der Waals surface area contributed by atoms with Gasteiger partial charge in [-0.3, -0.25) is 9.69 Å². The Morgan fingerprint density at radius 3 is 2.72 bits per heavy atom. The molecule has 0 aromatic heterocycles. The Kier molecular flexibility index (Phi) is 9.71. The number of rotatable bonds is 9. The average Bonchev–Trinajstić information content (AvgIpc) is 2.76. The quantitative estimate of drug-likeness (QED) is 0.349. The van der Waals surface area contributed by atoms with Crippen LogP contribution in [-0.2, 0) is 4.74 Å². The zero-order valence-corrected chi connectivity index (χ0v) is 17.5. The van der Waals surface area contributed by atoms with Crippen LogP contribution < -0.4 is 9.47 Å². The van der Waals surface area contributed by atoms with Crippen LogP contribution in [0.25, 0.3) is 6.08 Å². The van der Waals surface area contributed by atoms with Crippen LogP contribution in [0.3, 0.4) is 0 Å². The fraction of sp³-hybridized carbons (Fsp3) is 0.348. The maximum Gasteiger partial charge on any atom is 0.185 e. The number of allylic oxidation sites excluding steroid dienone is 1. The lowest BCUT2D eigenvalue weighted by molar-refractivity contribution is 0.0358. The number of carbonyl (C=O) groups excluding carboxylic acids is 1. The monoisotopic (exact) mass is 417 g/mol. The SMILES string of the molecule is COc1ccccc1/C=C/C(=O)c1cccc(OCCCN2CCOCC2)c1.Cl. The van der Waals surface area contributed by atoms with Crippen molar-refractivity contribution in [3.8, 4) is 11.5 Å². The van der Waals surface area contributed by atoms with Gasteiger partial charge in [0.15, 0.2) is 5.78 Å². The Labute approximate surface area is 178 Å². The Morgan fingerprint density at radius 1 is 1.14 bits per heavy atom. The van der Waals surface area contributed by atoms with Crippen LogP contribution in [0, 0.1) is 0 Å². The first-order valence-electron chi connectivity index (χ1n) is 9.64. The highest BCUT2D eigenvalue weighted by Crippen LogP contribution is 2.20.